The summed E-state index contributed by atoms with van der Waals surface area (Å²) in [5.41, 5.74) is 1.31. The van der Waals surface area contributed by atoms with Crippen molar-refractivity contribution in [1.82, 2.24) is 14.8 Å². The normalized spacial score (nSPS) is 20.0. The average Bonchev–Trinajstić information content (AvgIpc) is 3.38. The number of rotatable bonds is 7. The molecular formula is C27H25ClFN3O5. The number of hydrogen-bond acceptors (Lipinski definition) is 5. The number of piperidine rings is 1. The van der Waals surface area contributed by atoms with Crippen LogP contribution in [0.15, 0.2) is 42.6 Å². The van der Waals surface area contributed by atoms with Crippen LogP contribution in [0.1, 0.15) is 46.0 Å². The quantitative estimate of drug-likeness (QED) is 0.374. The van der Waals surface area contributed by atoms with Crippen LogP contribution in [0.4, 0.5) is 4.39 Å². The number of ketones is 1. The van der Waals surface area contributed by atoms with Gasteiger partial charge in [0.2, 0.25) is 11.8 Å². The molecule has 1 saturated carbocycles. The van der Waals surface area contributed by atoms with E-state index in [1.807, 2.05) is 0 Å². The van der Waals surface area contributed by atoms with Gasteiger partial charge in [0.1, 0.15) is 18.4 Å². The molecule has 1 aliphatic heterocycles. The first-order valence-corrected chi connectivity index (χ1v) is 12.3. The Morgan fingerprint density at radius 2 is 1.86 bits per heavy atom. The van der Waals surface area contributed by atoms with E-state index in [2.05, 4.69) is 5.32 Å². The lowest BCUT2D eigenvalue weighted by Crippen LogP contribution is -2.48. The minimum absolute atomic E-state index is 0.0270. The Morgan fingerprint density at radius 1 is 1.11 bits per heavy atom. The number of Topliss-reactive ketones (excluding diaryl/α,β-unsaturated/α-hetero) is 1. The van der Waals surface area contributed by atoms with Crippen molar-refractivity contribution in [3.63, 3.8) is 0 Å². The number of amides is 2. The molecule has 2 aliphatic rings. The molecule has 192 valence electrons. The molecule has 3 atom stereocenters. The van der Waals surface area contributed by atoms with Gasteiger partial charge < -0.3 is 19.5 Å². The third-order valence-electron chi connectivity index (χ3n) is 7.17. The maximum absolute atomic E-state index is 14.2. The number of halogens is 2. The Labute approximate surface area is 217 Å². The summed E-state index contributed by atoms with van der Waals surface area (Å²) in [6, 6.07) is 8.81. The molecule has 0 bridgehead atoms. The second-order valence-electron chi connectivity index (χ2n) is 9.47. The number of ether oxygens (including phenoxy) is 1. The summed E-state index contributed by atoms with van der Waals surface area (Å²) in [5, 5.41) is 3.26. The van der Waals surface area contributed by atoms with Gasteiger partial charge in [-0.25, -0.2) is 9.18 Å². The number of nitrogens with zero attached hydrogens (tertiary/aromatic N) is 2. The molecule has 0 unspecified atom stereocenters. The van der Waals surface area contributed by atoms with E-state index in [0.29, 0.717) is 22.9 Å². The number of para-hydroxylation sites is 1. The highest BCUT2D eigenvalue weighted by atomic mass is 35.5. The van der Waals surface area contributed by atoms with E-state index in [1.54, 1.807) is 46.0 Å². The second kappa shape index (κ2) is 9.63. The van der Waals surface area contributed by atoms with Gasteiger partial charge in [0.15, 0.2) is 5.78 Å². The van der Waals surface area contributed by atoms with Crippen LogP contribution in [0, 0.1) is 11.7 Å². The predicted octanol–water partition coefficient (Wildman–Crippen LogP) is 3.73. The van der Waals surface area contributed by atoms with E-state index in [1.165, 1.54) is 20.1 Å². The molecule has 2 aromatic carbocycles. The summed E-state index contributed by atoms with van der Waals surface area (Å²) >= 11 is 5.83. The highest BCUT2D eigenvalue weighted by Gasteiger charge is 2.55. The monoisotopic (exact) mass is 525 g/mol. The number of benzene rings is 2. The average molecular weight is 526 g/mol. The molecule has 0 spiro atoms. The molecule has 2 amide bonds. The number of fused-ring (bicyclic) bond motifs is 2. The molecule has 37 heavy (non-hydrogen) atoms. The molecule has 2 heterocycles. The number of methoxy groups -OCH3 is 1. The van der Waals surface area contributed by atoms with Gasteiger partial charge in [-0.1, -0.05) is 35.9 Å². The fraction of sp³-hybridized carbons (Fsp3) is 0.333. The summed E-state index contributed by atoms with van der Waals surface area (Å²) in [5.74, 6) is -1.80. The molecule has 1 aliphatic carbocycles. The zero-order chi connectivity index (χ0) is 26.4. The van der Waals surface area contributed by atoms with E-state index < -0.39 is 17.8 Å². The Balaban J connectivity index is 1.39. The van der Waals surface area contributed by atoms with E-state index in [4.69, 9.17) is 16.3 Å². The molecule has 1 N–H and O–H groups in total. The van der Waals surface area contributed by atoms with Gasteiger partial charge in [0.05, 0.1) is 23.2 Å². The first kappa shape index (κ1) is 25.0. The molecule has 3 aromatic rings. The Hall–Kier alpha value is -3.72. The van der Waals surface area contributed by atoms with Crippen molar-refractivity contribution in [3.8, 4) is 0 Å². The minimum Gasteiger partial charge on any atom is -0.465 e. The Morgan fingerprint density at radius 3 is 2.59 bits per heavy atom. The number of carbonyl (C=O) groups is 4. The molecule has 2 fully saturated rings. The van der Waals surface area contributed by atoms with Crippen molar-refractivity contribution in [3.05, 3.63) is 70.1 Å². The van der Waals surface area contributed by atoms with E-state index in [0.717, 1.165) is 6.42 Å². The van der Waals surface area contributed by atoms with Crippen LogP contribution < -0.4 is 5.32 Å². The summed E-state index contributed by atoms with van der Waals surface area (Å²) in [6.07, 6.45) is 2.91. The summed E-state index contributed by atoms with van der Waals surface area (Å²) in [7, 11) is 1.27. The van der Waals surface area contributed by atoms with Crippen molar-refractivity contribution in [1.29, 1.82) is 0 Å². The zero-order valence-corrected chi connectivity index (χ0v) is 21.0. The van der Waals surface area contributed by atoms with Crippen molar-refractivity contribution in [2.24, 2.45) is 5.92 Å². The van der Waals surface area contributed by atoms with E-state index >= 15 is 0 Å². The lowest BCUT2D eigenvalue weighted by molar-refractivity contribution is -0.140. The number of hydrogen-bond donors (Lipinski definition) is 1. The van der Waals surface area contributed by atoms with Gasteiger partial charge in [-0.15, -0.1) is 0 Å². The zero-order valence-electron chi connectivity index (χ0n) is 20.3. The van der Waals surface area contributed by atoms with Crippen LogP contribution >= 0.6 is 11.6 Å². The second-order valence-corrected chi connectivity index (χ2v) is 9.87. The lowest BCUT2D eigenvalue weighted by atomic mass is 10.1. The SMILES string of the molecule is COC(=O)c1cccc2c(C(C)=O)cn(CC(=O)N3[C@@H]4C[C@@H]4C[C@H]3C(=O)NCc3cccc(Cl)c3F)c12. The number of likely N-dealkylation sites (tertiary alicyclic amines) is 1. The maximum atomic E-state index is 14.2. The highest BCUT2D eigenvalue weighted by molar-refractivity contribution is 6.30. The summed E-state index contributed by atoms with van der Waals surface area (Å²) < 4.78 is 20.7. The van der Waals surface area contributed by atoms with Crippen molar-refractivity contribution < 1.29 is 28.3 Å². The standard InChI is InChI=1S/C27H25ClFN3O5/c1-14(33)19-12-31(25-17(19)6-4-7-18(25)27(36)37-2)13-23(34)32-21-9-16(21)10-22(32)26(35)30-11-15-5-3-8-20(28)24(15)29/h3-8,12,16,21-22H,9-11,13H2,1-2H3,(H,30,35)/t16-,21-,22+/m1/s1. The van der Waals surface area contributed by atoms with Crippen LogP contribution in [0.3, 0.4) is 0 Å². The Bertz CT molecular complexity index is 1450. The first-order valence-electron chi connectivity index (χ1n) is 11.9. The third kappa shape index (κ3) is 4.48. The van der Waals surface area contributed by atoms with Crippen molar-refractivity contribution in [2.75, 3.05) is 7.11 Å². The van der Waals surface area contributed by atoms with Crippen LogP contribution in [0.5, 0.6) is 0 Å². The summed E-state index contributed by atoms with van der Waals surface area (Å²) in [4.78, 5) is 52.9. The first-order chi connectivity index (χ1) is 17.7. The van der Waals surface area contributed by atoms with Crippen LogP contribution in [-0.2, 0) is 27.4 Å². The molecule has 10 heteroatoms. The topological polar surface area (TPSA) is 97.7 Å². The number of nitrogens with one attached hydrogen (secondary N) is 1. The number of carbonyl (C=O) groups excluding carboxylic acids is 4. The molecule has 0 radical (unpaired) electrons. The highest BCUT2D eigenvalue weighted by Crippen LogP contribution is 2.48. The van der Waals surface area contributed by atoms with Gasteiger partial charge in [0, 0.05) is 35.3 Å². The molecular weight excluding hydrogens is 501 g/mol. The van der Waals surface area contributed by atoms with Crippen molar-refractivity contribution >= 4 is 46.1 Å². The third-order valence-corrected chi connectivity index (χ3v) is 7.46. The van der Waals surface area contributed by atoms with Gasteiger partial charge >= 0.3 is 5.97 Å². The molecule has 5 rings (SSSR count). The fourth-order valence-corrected chi connectivity index (χ4v) is 5.50. The smallest absolute Gasteiger partial charge is 0.340 e. The summed E-state index contributed by atoms with van der Waals surface area (Å²) in [6.45, 7) is 1.21. The van der Waals surface area contributed by atoms with Crippen molar-refractivity contribution in [2.45, 2.75) is 44.9 Å². The molecule has 1 saturated heterocycles. The maximum Gasteiger partial charge on any atom is 0.340 e. The number of esters is 1. The van der Waals surface area contributed by atoms with Crippen LogP contribution in [0.25, 0.3) is 10.9 Å². The number of aromatic nitrogens is 1. The largest absolute Gasteiger partial charge is 0.465 e. The van der Waals surface area contributed by atoms with E-state index in [9.17, 15) is 23.6 Å². The predicted molar refractivity (Wildman–Crippen MR) is 134 cm³/mol. The van der Waals surface area contributed by atoms with Gasteiger partial charge in [0.25, 0.3) is 0 Å². The van der Waals surface area contributed by atoms with Crippen LogP contribution in [-0.4, -0.2) is 52.2 Å². The van der Waals surface area contributed by atoms with E-state index in [-0.39, 0.29) is 58.8 Å². The molecule has 8 nitrogen and oxygen atoms in total. The fourth-order valence-electron chi connectivity index (χ4n) is 5.30. The Kier molecular flexibility index (Phi) is 6.49. The van der Waals surface area contributed by atoms with Gasteiger partial charge in [-0.2, -0.15) is 0 Å². The molecule has 1 aromatic heterocycles. The minimum atomic E-state index is -0.687. The van der Waals surface area contributed by atoms with Gasteiger partial charge in [-0.05, 0) is 37.8 Å². The van der Waals surface area contributed by atoms with Crippen LogP contribution in [0.2, 0.25) is 5.02 Å². The lowest BCUT2D eigenvalue weighted by Gasteiger charge is -2.27. The van der Waals surface area contributed by atoms with Gasteiger partial charge in [-0.3, -0.25) is 14.4 Å².